The molecular formula is C14H24N2O. The second kappa shape index (κ2) is 8.97. The number of aryl methyl sites for hydroxylation is 1. The van der Waals surface area contributed by atoms with E-state index in [2.05, 4.69) is 11.9 Å². The van der Waals surface area contributed by atoms with Crippen molar-refractivity contribution in [2.45, 2.75) is 64.8 Å². The molecule has 0 aliphatic rings. The molecule has 0 fully saturated rings. The summed E-state index contributed by atoms with van der Waals surface area (Å²) in [6, 6.07) is 0. The molecule has 0 saturated carbocycles. The molecule has 1 heterocycles. The quantitative estimate of drug-likeness (QED) is 0.457. The Balaban J connectivity index is 1.99. The Hall–Kier alpha value is -1.12. The first-order chi connectivity index (χ1) is 8.38. The number of unbranched alkanes of at least 4 members (excludes halogenated alkanes) is 7. The minimum absolute atomic E-state index is 0.549. The molecule has 0 amide bonds. The van der Waals surface area contributed by atoms with Crippen LogP contribution in [0.3, 0.4) is 0 Å². The van der Waals surface area contributed by atoms with E-state index in [-0.39, 0.29) is 0 Å². The van der Waals surface area contributed by atoms with Crippen LogP contribution < -0.4 is 0 Å². The standard InChI is InChI=1S/C14H24N2O/c1-2-3-4-5-6-7-8-9-11-16-12-10-15-14(16)13-17/h10,12-13H,2-9,11H2,1H3. The Morgan fingerprint density at radius 1 is 1.12 bits per heavy atom. The summed E-state index contributed by atoms with van der Waals surface area (Å²) >= 11 is 0. The van der Waals surface area contributed by atoms with Gasteiger partial charge in [0.2, 0.25) is 0 Å². The van der Waals surface area contributed by atoms with Gasteiger partial charge in [0.15, 0.2) is 12.1 Å². The zero-order chi connectivity index (χ0) is 12.3. The fraction of sp³-hybridized carbons (Fsp3) is 0.714. The minimum Gasteiger partial charge on any atom is -0.329 e. The lowest BCUT2D eigenvalue weighted by Crippen LogP contribution is -2.01. The first-order valence-electron chi connectivity index (χ1n) is 6.84. The SMILES string of the molecule is CCCCCCCCCCn1ccnc1C=O. The molecule has 0 radical (unpaired) electrons. The van der Waals surface area contributed by atoms with E-state index in [0.29, 0.717) is 5.82 Å². The lowest BCUT2D eigenvalue weighted by molar-refractivity contribution is 0.111. The van der Waals surface area contributed by atoms with E-state index in [0.717, 1.165) is 19.3 Å². The highest BCUT2D eigenvalue weighted by atomic mass is 16.1. The van der Waals surface area contributed by atoms with Crippen LogP contribution in [-0.2, 0) is 6.54 Å². The zero-order valence-electron chi connectivity index (χ0n) is 10.9. The molecule has 0 aliphatic heterocycles. The molecule has 0 saturated heterocycles. The number of aldehydes is 1. The van der Waals surface area contributed by atoms with Gasteiger partial charge in [-0.15, -0.1) is 0 Å². The number of aromatic nitrogens is 2. The summed E-state index contributed by atoms with van der Waals surface area (Å²) < 4.78 is 1.93. The first-order valence-corrected chi connectivity index (χ1v) is 6.84. The van der Waals surface area contributed by atoms with Crippen molar-refractivity contribution in [3.05, 3.63) is 18.2 Å². The van der Waals surface area contributed by atoms with Crippen LogP contribution in [0.2, 0.25) is 0 Å². The molecule has 0 N–H and O–H groups in total. The highest BCUT2D eigenvalue weighted by Crippen LogP contribution is 2.09. The first kappa shape index (κ1) is 13.9. The van der Waals surface area contributed by atoms with Gasteiger partial charge in [0, 0.05) is 18.9 Å². The number of hydrogen-bond donors (Lipinski definition) is 0. The van der Waals surface area contributed by atoms with E-state index in [1.165, 1.54) is 44.9 Å². The zero-order valence-corrected chi connectivity index (χ0v) is 10.9. The average molecular weight is 236 g/mol. The molecule has 0 unspecified atom stereocenters. The van der Waals surface area contributed by atoms with Crippen LogP contribution in [0.25, 0.3) is 0 Å². The molecule has 0 spiro atoms. The van der Waals surface area contributed by atoms with Gasteiger partial charge < -0.3 is 4.57 Å². The molecule has 0 atom stereocenters. The fourth-order valence-electron chi connectivity index (χ4n) is 2.04. The second-order valence-corrected chi connectivity index (χ2v) is 4.57. The lowest BCUT2D eigenvalue weighted by Gasteiger charge is -2.04. The summed E-state index contributed by atoms with van der Waals surface area (Å²) in [6.07, 6.45) is 14.9. The molecule has 96 valence electrons. The van der Waals surface area contributed by atoms with Crippen molar-refractivity contribution < 1.29 is 4.79 Å². The van der Waals surface area contributed by atoms with E-state index in [4.69, 9.17) is 0 Å². The number of nitrogens with zero attached hydrogens (tertiary/aromatic N) is 2. The summed E-state index contributed by atoms with van der Waals surface area (Å²) in [4.78, 5) is 14.6. The average Bonchev–Trinajstić information content (AvgIpc) is 2.80. The summed E-state index contributed by atoms with van der Waals surface area (Å²) in [7, 11) is 0. The van der Waals surface area contributed by atoms with Gasteiger partial charge in [-0.25, -0.2) is 4.98 Å². The largest absolute Gasteiger partial charge is 0.329 e. The maximum Gasteiger partial charge on any atom is 0.185 e. The van der Waals surface area contributed by atoms with Crippen molar-refractivity contribution in [3.63, 3.8) is 0 Å². The van der Waals surface area contributed by atoms with Gasteiger partial charge in [0.05, 0.1) is 0 Å². The number of rotatable bonds is 10. The number of carbonyl (C=O) groups is 1. The van der Waals surface area contributed by atoms with Crippen molar-refractivity contribution >= 4 is 6.29 Å². The van der Waals surface area contributed by atoms with Gasteiger partial charge >= 0.3 is 0 Å². The van der Waals surface area contributed by atoms with Crippen molar-refractivity contribution in [3.8, 4) is 0 Å². The van der Waals surface area contributed by atoms with Crippen LogP contribution in [0.5, 0.6) is 0 Å². The summed E-state index contributed by atoms with van der Waals surface area (Å²) in [6.45, 7) is 3.17. The highest BCUT2D eigenvalue weighted by molar-refractivity contribution is 5.69. The highest BCUT2D eigenvalue weighted by Gasteiger charge is 1.99. The molecule has 1 aromatic rings. The van der Waals surface area contributed by atoms with Gasteiger partial charge in [0.1, 0.15) is 0 Å². The van der Waals surface area contributed by atoms with E-state index >= 15 is 0 Å². The molecule has 1 rings (SSSR count). The van der Waals surface area contributed by atoms with Crippen LogP contribution in [-0.4, -0.2) is 15.8 Å². The van der Waals surface area contributed by atoms with Crippen LogP contribution >= 0.6 is 0 Å². The van der Waals surface area contributed by atoms with Crippen LogP contribution in [0, 0.1) is 0 Å². The Morgan fingerprint density at radius 2 is 1.76 bits per heavy atom. The maximum atomic E-state index is 10.6. The summed E-state index contributed by atoms with van der Waals surface area (Å²) in [5.74, 6) is 0.549. The van der Waals surface area contributed by atoms with Gasteiger partial charge in [-0.2, -0.15) is 0 Å². The van der Waals surface area contributed by atoms with Gasteiger partial charge in [-0.05, 0) is 6.42 Å². The van der Waals surface area contributed by atoms with E-state index in [9.17, 15) is 4.79 Å². The van der Waals surface area contributed by atoms with E-state index in [1.54, 1.807) is 6.20 Å². The van der Waals surface area contributed by atoms with E-state index < -0.39 is 0 Å². The van der Waals surface area contributed by atoms with Gasteiger partial charge in [-0.1, -0.05) is 51.9 Å². The Kier molecular flexibility index (Phi) is 7.35. The molecule has 17 heavy (non-hydrogen) atoms. The van der Waals surface area contributed by atoms with Crippen molar-refractivity contribution in [2.75, 3.05) is 0 Å². The van der Waals surface area contributed by atoms with Crippen molar-refractivity contribution in [2.24, 2.45) is 0 Å². The number of carbonyl (C=O) groups excluding carboxylic acids is 1. The van der Waals surface area contributed by atoms with Gasteiger partial charge in [0.25, 0.3) is 0 Å². The minimum atomic E-state index is 0.549. The van der Waals surface area contributed by atoms with Crippen molar-refractivity contribution in [1.82, 2.24) is 9.55 Å². The molecular weight excluding hydrogens is 212 g/mol. The lowest BCUT2D eigenvalue weighted by atomic mass is 10.1. The molecule has 1 aromatic heterocycles. The number of imidazole rings is 1. The van der Waals surface area contributed by atoms with Crippen molar-refractivity contribution in [1.29, 1.82) is 0 Å². The second-order valence-electron chi connectivity index (χ2n) is 4.57. The van der Waals surface area contributed by atoms with Crippen LogP contribution in [0.1, 0.15) is 68.9 Å². The van der Waals surface area contributed by atoms with Crippen LogP contribution in [0.15, 0.2) is 12.4 Å². The monoisotopic (exact) mass is 236 g/mol. The third kappa shape index (κ3) is 5.66. The predicted molar refractivity (Wildman–Crippen MR) is 70.2 cm³/mol. The Bertz CT molecular complexity index is 307. The topological polar surface area (TPSA) is 34.9 Å². The number of hydrogen-bond acceptors (Lipinski definition) is 2. The summed E-state index contributed by atoms with van der Waals surface area (Å²) in [5.41, 5.74) is 0. The Morgan fingerprint density at radius 3 is 2.41 bits per heavy atom. The normalized spacial score (nSPS) is 10.6. The molecule has 0 aromatic carbocycles. The van der Waals surface area contributed by atoms with Crippen LogP contribution in [0.4, 0.5) is 0 Å². The molecule has 0 aliphatic carbocycles. The summed E-state index contributed by atoms with van der Waals surface area (Å²) in [5, 5.41) is 0. The van der Waals surface area contributed by atoms with Gasteiger partial charge in [-0.3, -0.25) is 4.79 Å². The predicted octanol–water partition coefficient (Wildman–Crippen LogP) is 3.84. The smallest absolute Gasteiger partial charge is 0.185 e. The Labute approximate surface area is 104 Å². The third-order valence-electron chi connectivity index (χ3n) is 3.11. The fourth-order valence-corrected chi connectivity index (χ4v) is 2.04. The molecule has 3 nitrogen and oxygen atoms in total. The maximum absolute atomic E-state index is 10.6. The van der Waals surface area contributed by atoms with E-state index in [1.807, 2.05) is 10.8 Å². The third-order valence-corrected chi connectivity index (χ3v) is 3.11. The molecule has 3 heteroatoms. The molecule has 0 bridgehead atoms.